The second kappa shape index (κ2) is 8.79. The van der Waals surface area contributed by atoms with Crippen molar-refractivity contribution in [1.82, 2.24) is 4.90 Å². The van der Waals surface area contributed by atoms with Crippen molar-refractivity contribution in [1.29, 1.82) is 0 Å². The second-order valence-corrected chi connectivity index (χ2v) is 8.64. The Morgan fingerprint density at radius 2 is 1.96 bits per heavy atom. The maximum absolute atomic E-state index is 12.4. The number of nitrogens with zero attached hydrogens (tertiary/aromatic N) is 1. The van der Waals surface area contributed by atoms with E-state index < -0.39 is 28.3 Å². The van der Waals surface area contributed by atoms with Gasteiger partial charge in [-0.15, -0.1) is 0 Å². The van der Waals surface area contributed by atoms with Gasteiger partial charge < -0.3 is 19.1 Å². The Bertz CT molecular complexity index is 825. The quantitative estimate of drug-likeness (QED) is 0.618. The lowest BCUT2D eigenvalue weighted by Crippen LogP contribution is -2.43. The fourth-order valence-electron chi connectivity index (χ4n) is 2.99. The summed E-state index contributed by atoms with van der Waals surface area (Å²) in [5.41, 5.74) is 0.108. The third kappa shape index (κ3) is 5.04. The van der Waals surface area contributed by atoms with Crippen LogP contribution in [-0.4, -0.2) is 70.1 Å². The standard InChI is InChI=1S/C17H22ClNO7S/c1-4-19(12-5-6-27(22,23)10-12)15(20)9-26-17(21)11-7-13(18)16(25-3)14(8-11)24-2/h7-8,12H,4-6,9-10H2,1-3H3/t12-/m0/s1. The molecular formula is C17H22ClNO7S. The summed E-state index contributed by atoms with van der Waals surface area (Å²) in [5.74, 6) is -0.654. The molecule has 0 N–H and O–H groups in total. The van der Waals surface area contributed by atoms with Crippen molar-refractivity contribution in [2.45, 2.75) is 19.4 Å². The van der Waals surface area contributed by atoms with E-state index in [9.17, 15) is 18.0 Å². The van der Waals surface area contributed by atoms with Crippen LogP contribution in [0.1, 0.15) is 23.7 Å². The molecule has 1 aliphatic rings. The number of benzene rings is 1. The lowest BCUT2D eigenvalue weighted by molar-refractivity contribution is -0.136. The Morgan fingerprint density at radius 1 is 1.26 bits per heavy atom. The molecule has 0 aliphatic carbocycles. The molecular weight excluding hydrogens is 398 g/mol. The van der Waals surface area contributed by atoms with Gasteiger partial charge in [0.1, 0.15) is 0 Å². The first-order chi connectivity index (χ1) is 12.7. The summed E-state index contributed by atoms with van der Waals surface area (Å²) in [6, 6.07) is 2.37. The smallest absolute Gasteiger partial charge is 0.338 e. The van der Waals surface area contributed by atoms with Crippen LogP contribution in [0, 0.1) is 0 Å². The molecule has 1 fully saturated rings. The molecule has 1 atom stereocenters. The van der Waals surface area contributed by atoms with Gasteiger partial charge in [-0.1, -0.05) is 11.6 Å². The number of esters is 1. The topological polar surface area (TPSA) is 99.2 Å². The van der Waals surface area contributed by atoms with E-state index in [1.54, 1.807) is 6.92 Å². The number of amides is 1. The summed E-state index contributed by atoms with van der Waals surface area (Å²) in [6.45, 7) is 1.59. The molecule has 1 saturated heterocycles. The fraction of sp³-hybridized carbons (Fsp3) is 0.529. The highest BCUT2D eigenvalue weighted by molar-refractivity contribution is 7.91. The number of carbonyl (C=O) groups is 2. The van der Waals surface area contributed by atoms with Crippen molar-refractivity contribution in [3.63, 3.8) is 0 Å². The zero-order valence-corrected chi connectivity index (χ0v) is 16.9. The van der Waals surface area contributed by atoms with Crippen LogP contribution in [0.2, 0.25) is 5.02 Å². The number of ether oxygens (including phenoxy) is 3. The Morgan fingerprint density at radius 3 is 2.48 bits per heavy atom. The van der Waals surface area contributed by atoms with Crippen molar-refractivity contribution in [3.8, 4) is 11.5 Å². The van der Waals surface area contributed by atoms with Crippen molar-refractivity contribution >= 4 is 33.3 Å². The van der Waals surface area contributed by atoms with E-state index in [1.165, 1.54) is 31.3 Å². The number of carbonyl (C=O) groups excluding carboxylic acids is 2. The second-order valence-electron chi connectivity index (χ2n) is 6.01. The Hall–Kier alpha value is -2.00. The molecule has 8 nitrogen and oxygen atoms in total. The number of hydrogen-bond acceptors (Lipinski definition) is 7. The lowest BCUT2D eigenvalue weighted by Gasteiger charge is -2.26. The van der Waals surface area contributed by atoms with Crippen molar-refractivity contribution < 1.29 is 32.2 Å². The molecule has 1 aliphatic heterocycles. The van der Waals surface area contributed by atoms with Crippen LogP contribution < -0.4 is 9.47 Å². The molecule has 2 rings (SSSR count). The summed E-state index contributed by atoms with van der Waals surface area (Å²) in [7, 11) is -0.296. The van der Waals surface area contributed by atoms with Gasteiger partial charge in [-0.05, 0) is 25.5 Å². The highest BCUT2D eigenvalue weighted by atomic mass is 35.5. The van der Waals surface area contributed by atoms with Gasteiger partial charge >= 0.3 is 5.97 Å². The van der Waals surface area contributed by atoms with Gasteiger partial charge in [-0.2, -0.15) is 0 Å². The SMILES string of the molecule is CCN(C(=O)COC(=O)c1cc(Cl)c(OC)c(OC)c1)[C@H]1CCS(=O)(=O)C1. The van der Waals surface area contributed by atoms with Crippen LogP contribution in [0.5, 0.6) is 11.5 Å². The third-order valence-corrected chi connectivity index (χ3v) is 6.34. The normalized spacial score (nSPS) is 18.0. The molecule has 0 bridgehead atoms. The van der Waals surface area contributed by atoms with Crippen LogP contribution >= 0.6 is 11.6 Å². The maximum Gasteiger partial charge on any atom is 0.338 e. The van der Waals surface area contributed by atoms with E-state index in [1.807, 2.05) is 0 Å². The van der Waals surface area contributed by atoms with E-state index in [0.717, 1.165) is 0 Å². The summed E-state index contributed by atoms with van der Waals surface area (Å²) >= 11 is 6.06. The van der Waals surface area contributed by atoms with Gasteiger partial charge in [-0.25, -0.2) is 13.2 Å². The number of halogens is 1. The third-order valence-electron chi connectivity index (χ3n) is 4.31. The minimum Gasteiger partial charge on any atom is -0.493 e. The maximum atomic E-state index is 12.4. The first-order valence-electron chi connectivity index (χ1n) is 8.31. The van der Waals surface area contributed by atoms with Gasteiger partial charge in [-0.3, -0.25) is 4.79 Å². The van der Waals surface area contributed by atoms with Crippen molar-refractivity contribution in [3.05, 3.63) is 22.7 Å². The predicted octanol–water partition coefficient (Wildman–Crippen LogP) is 1.55. The van der Waals surface area contributed by atoms with Crippen LogP contribution in [0.4, 0.5) is 0 Å². The number of methoxy groups -OCH3 is 2. The molecule has 1 aromatic carbocycles. The Labute approximate surface area is 163 Å². The highest BCUT2D eigenvalue weighted by Crippen LogP contribution is 2.36. The Balaban J connectivity index is 2.04. The first-order valence-corrected chi connectivity index (χ1v) is 10.5. The highest BCUT2D eigenvalue weighted by Gasteiger charge is 2.34. The average Bonchev–Trinajstić information content (AvgIpc) is 2.98. The summed E-state index contributed by atoms with van der Waals surface area (Å²) < 4.78 is 38.5. The molecule has 1 aromatic rings. The van der Waals surface area contributed by atoms with E-state index >= 15 is 0 Å². The van der Waals surface area contributed by atoms with Gasteiger partial charge in [0.2, 0.25) is 0 Å². The molecule has 0 saturated carbocycles. The minimum absolute atomic E-state index is 0.0609. The average molecular weight is 420 g/mol. The minimum atomic E-state index is -3.12. The lowest BCUT2D eigenvalue weighted by atomic mass is 10.2. The van der Waals surface area contributed by atoms with Crippen molar-refractivity contribution in [2.75, 3.05) is 38.9 Å². The number of hydrogen-bond donors (Lipinski definition) is 0. The summed E-state index contributed by atoms with van der Waals surface area (Å²) in [4.78, 5) is 26.1. The zero-order chi connectivity index (χ0) is 20.2. The van der Waals surface area contributed by atoms with Gasteiger partial charge in [0.15, 0.2) is 27.9 Å². The van der Waals surface area contributed by atoms with Crippen LogP contribution in [0.3, 0.4) is 0 Å². The molecule has 150 valence electrons. The van der Waals surface area contributed by atoms with Gasteiger partial charge in [0, 0.05) is 12.6 Å². The van der Waals surface area contributed by atoms with Crippen LogP contribution in [0.25, 0.3) is 0 Å². The van der Waals surface area contributed by atoms with E-state index in [0.29, 0.717) is 13.0 Å². The summed E-state index contributed by atoms with van der Waals surface area (Å²) in [5, 5.41) is 0.168. The monoisotopic (exact) mass is 419 g/mol. The molecule has 27 heavy (non-hydrogen) atoms. The van der Waals surface area contributed by atoms with Gasteiger partial charge in [0.05, 0.1) is 36.3 Å². The zero-order valence-electron chi connectivity index (χ0n) is 15.4. The molecule has 0 spiro atoms. The molecule has 1 amide bonds. The first kappa shape index (κ1) is 21.3. The van der Waals surface area contributed by atoms with Crippen molar-refractivity contribution in [2.24, 2.45) is 0 Å². The largest absolute Gasteiger partial charge is 0.493 e. The van der Waals surface area contributed by atoms with Gasteiger partial charge in [0.25, 0.3) is 5.91 Å². The summed E-state index contributed by atoms with van der Waals surface area (Å²) in [6.07, 6.45) is 0.390. The van der Waals surface area contributed by atoms with E-state index in [-0.39, 0.29) is 39.6 Å². The molecule has 1 heterocycles. The molecule has 0 aromatic heterocycles. The molecule has 0 unspecified atom stereocenters. The predicted molar refractivity (Wildman–Crippen MR) is 99.3 cm³/mol. The van der Waals surface area contributed by atoms with Crippen LogP contribution in [-0.2, 0) is 19.4 Å². The number of rotatable bonds is 7. The Kier molecular flexibility index (Phi) is 6.94. The number of likely N-dealkylation sites (N-methyl/N-ethyl adjacent to an activating group) is 1. The number of sulfone groups is 1. The molecule has 10 heteroatoms. The van der Waals surface area contributed by atoms with E-state index in [4.69, 9.17) is 25.8 Å². The van der Waals surface area contributed by atoms with E-state index in [2.05, 4.69) is 0 Å². The van der Waals surface area contributed by atoms with Crippen LogP contribution in [0.15, 0.2) is 12.1 Å². The molecule has 0 radical (unpaired) electrons. The fourth-order valence-corrected chi connectivity index (χ4v) is 5.01.